The van der Waals surface area contributed by atoms with Crippen LogP contribution in [0.3, 0.4) is 0 Å². The van der Waals surface area contributed by atoms with Gasteiger partial charge in [-0.2, -0.15) is 0 Å². The molecular formula is C15H23ClN6S. The van der Waals surface area contributed by atoms with Gasteiger partial charge >= 0.3 is 0 Å². The molecule has 23 heavy (non-hydrogen) atoms. The third kappa shape index (κ3) is 3.42. The van der Waals surface area contributed by atoms with Crippen LogP contribution in [0.25, 0.3) is 0 Å². The molecule has 2 fully saturated rings. The Balaban J connectivity index is 0.00000156. The summed E-state index contributed by atoms with van der Waals surface area (Å²) in [5.74, 6) is 0. The highest BCUT2D eigenvalue weighted by atomic mass is 35.5. The van der Waals surface area contributed by atoms with E-state index in [1.54, 1.807) is 11.3 Å². The van der Waals surface area contributed by atoms with Crippen molar-refractivity contribution in [1.29, 1.82) is 0 Å². The van der Waals surface area contributed by atoms with Crippen molar-refractivity contribution >= 4 is 23.7 Å². The molecule has 1 unspecified atom stereocenters. The van der Waals surface area contributed by atoms with Crippen molar-refractivity contribution in [3.8, 4) is 0 Å². The molecule has 1 atom stereocenters. The minimum Gasteiger partial charge on any atom is -0.317 e. The zero-order chi connectivity index (χ0) is 15.0. The zero-order valence-electron chi connectivity index (χ0n) is 13.3. The summed E-state index contributed by atoms with van der Waals surface area (Å²) in [6.45, 7) is 4.16. The molecule has 0 radical (unpaired) electrons. The summed E-state index contributed by atoms with van der Waals surface area (Å²) in [7, 11) is 1.97. The fourth-order valence-electron chi connectivity index (χ4n) is 3.75. The van der Waals surface area contributed by atoms with Crippen LogP contribution in [0, 0.1) is 5.41 Å². The maximum atomic E-state index is 4.48. The standard InChI is InChI=1S/C15H22N6S.ClH/c1-20-12(9-18-19-20)10-21(11-14-17-6-7-22-14)13-8-15(13)2-4-16-5-3-15;/h6-7,9,13,16H,2-5,8,10-11H2,1H3;1H. The number of hydrogen-bond acceptors (Lipinski definition) is 6. The second kappa shape index (κ2) is 6.84. The second-order valence-electron chi connectivity index (χ2n) is 6.51. The topological polar surface area (TPSA) is 58.9 Å². The van der Waals surface area contributed by atoms with Gasteiger partial charge in [0.1, 0.15) is 5.01 Å². The van der Waals surface area contributed by atoms with Crippen LogP contribution in [0.4, 0.5) is 0 Å². The summed E-state index contributed by atoms with van der Waals surface area (Å²) in [5, 5.41) is 14.8. The maximum Gasteiger partial charge on any atom is 0.107 e. The van der Waals surface area contributed by atoms with Crippen LogP contribution in [0.15, 0.2) is 17.8 Å². The first-order valence-electron chi connectivity index (χ1n) is 7.94. The van der Waals surface area contributed by atoms with Gasteiger partial charge in [0.2, 0.25) is 0 Å². The average Bonchev–Trinajstić information content (AvgIpc) is 2.90. The molecule has 8 heteroatoms. The Morgan fingerprint density at radius 1 is 1.39 bits per heavy atom. The van der Waals surface area contributed by atoms with Crippen molar-refractivity contribution in [2.75, 3.05) is 13.1 Å². The van der Waals surface area contributed by atoms with Crippen molar-refractivity contribution in [3.63, 3.8) is 0 Å². The molecule has 1 saturated carbocycles. The smallest absolute Gasteiger partial charge is 0.107 e. The van der Waals surface area contributed by atoms with Crippen LogP contribution in [0.5, 0.6) is 0 Å². The second-order valence-corrected chi connectivity index (χ2v) is 7.49. The summed E-state index contributed by atoms with van der Waals surface area (Å²) in [6, 6.07) is 0.674. The number of thiazole rings is 1. The van der Waals surface area contributed by atoms with Gasteiger partial charge in [0, 0.05) is 31.2 Å². The van der Waals surface area contributed by atoms with Gasteiger partial charge in [-0.1, -0.05) is 5.21 Å². The Morgan fingerprint density at radius 3 is 2.87 bits per heavy atom. The molecule has 1 saturated heterocycles. The van der Waals surface area contributed by atoms with Gasteiger partial charge in [0.25, 0.3) is 0 Å². The van der Waals surface area contributed by atoms with Crippen LogP contribution < -0.4 is 5.32 Å². The van der Waals surface area contributed by atoms with Gasteiger partial charge in [-0.15, -0.1) is 28.8 Å². The van der Waals surface area contributed by atoms with Gasteiger partial charge < -0.3 is 5.32 Å². The van der Waals surface area contributed by atoms with Crippen LogP contribution >= 0.6 is 23.7 Å². The van der Waals surface area contributed by atoms with Gasteiger partial charge in [-0.3, -0.25) is 9.58 Å². The molecule has 2 aromatic rings. The lowest BCUT2D eigenvalue weighted by molar-refractivity contribution is 0.184. The predicted octanol–water partition coefficient (Wildman–Crippen LogP) is 1.84. The van der Waals surface area contributed by atoms with Gasteiger partial charge in [-0.25, -0.2) is 4.98 Å². The average molecular weight is 355 g/mol. The maximum absolute atomic E-state index is 4.48. The first kappa shape index (κ1) is 16.8. The summed E-state index contributed by atoms with van der Waals surface area (Å²) in [5.41, 5.74) is 1.71. The zero-order valence-corrected chi connectivity index (χ0v) is 14.9. The van der Waals surface area contributed by atoms with Gasteiger partial charge in [0.05, 0.1) is 18.4 Å². The van der Waals surface area contributed by atoms with Crippen molar-refractivity contribution < 1.29 is 0 Å². The van der Waals surface area contributed by atoms with Crippen molar-refractivity contribution in [3.05, 3.63) is 28.5 Å². The summed E-state index contributed by atoms with van der Waals surface area (Å²) in [4.78, 5) is 7.06. The minimum atomic E-state index is 0. The molecule has 126 valence electrons. The molecule has 1 spiro atoms. The molecule has 1 aliphatic carbocycles. The van der Waals surface area contributed by atoms with E-state index in [0.717, 1.165) is 26.2 Å². The predicted molar refractivity (Wildman–Crippen MR) is 92.6 cm³/mol. The van der Waals surface area contributed by atoms with Crippen molar-refractivity contribution in [1.82, 2.24) is 30.2 Å². The molecule has 1 aliphatic heterocycles. The summed E-state index contributed by atoms with van der Waals surface area (Å²) in [6.07, 6.45) is 7.71. The number of halogens is 1. The van der Waals surface area contributed by atoms with Gasteiger partial charge in [-0.05, 0) is 37.8 Å². The van der Waals surface area contributed by atoms with Crippen molar-refractivity contribution in [2.45, 2.75) is 38.4 Å². The highest BCUT2D eigenvalue weighted by Crippen LogP contribution is 2.56. The molecular weight excluding hydrogens is 332 g/mol. The SMILES string of the molecule is Cl.Cn1nncc1CN(Cc1nccs1)C1CC12CCNCC2. The number of hydrogen-bond donors (Lipinski definition) is 1. The number of piperidine rings is 1. The Morgan fingerprint density at radius 2 is 2.22 bits per heavy atom. The third-order valence-electron chi connectivity index (χ3n) is 5.18. The molecule has 2 aromatic heterocycles. The number of aromatic nitrogens is 4. The van der Waals surface area contributed by atoms with E-state index in [9.17, 15) is 0 Å². The lowest BCUT2D eigenvalue weighted by Gasteiger charge is -2.29. The fourth-order valence-corrected chi connectivity index (χ4v) is 4.39. The monoisotopic (exact) mass is 354 g/mol. The van der Waals surface area contributed by atoms with Crippen molar-refractivity contribution in [2.24, 2.45) is 12.5 Å². The van der Waals surface area contributed by atoms with E-state index >= 15 is 0 Å². The largest absolute Gasteiger partial charge is 0.317 e. The normalized spacial score (nSPS) is 22.3. The first-order chi connectivity index (χ1) is 10.8. The van der Waals surface area contributed by atoms with E-state index in [0.29, 0.717) is 11.5 Å². The highest BCUT2D eigenvalue weighted by molar-refractivity contribution is 7.09. The molecule has 1 N–H and O–H groups in total. The van der Waals surface area contributed by atoms with Crippen LogP contribution in [-0.2, 0) is 20.1 Å². The number of rotatable bonds is 5. The molecule has 6 nitrogen and oxygen atoms in total. The van der Waals surface area contributed by atoms with E-state index in [1.165, 1.54) is 30.0 Å². The van der Waals surface area contributed by atoms with Crippen LogP contribution in [0.1, 0.15) is 30.0 Å². The van der Waals surface area contributed by atoms with Crippen LogP contribution in [0.2, 0.25) is 0 Å². The van der Waals surface area contributed by atoms with Gasteiger partial charge in [0.15, 0.2) is 0 Å². The number of nitrogens with zero attached hydrogens (tertiary/aromatic N) is 5. The molecule has 2 aliphatic rings. The summed E-state index contributed by atoms with van der Waals surface area (Å²) >= 11 is 1.75. The lowest BCUT2D eigenvalue weighted by Crippen LogP contribution is -2.36. The molecule has 3 heterocycles. The third-order valence-corrected chi connectivity index (χ3v) is 5.95. The minimum absolute atomic E-state index is 0. The van der Waals surface area contributed by atoms with E-state index in [-0.39, 0.29) is 12.4 Å². The molecule has 0 aromatic carbocycles. The Hall–Kier alpha value is -1.02. The Labute approximate surface area is 146 Å². The molecule has 0 amide bonds. The van der Waals surface area contributed by atoms with E-state index < -0.39 is 0 Å². The molecule has 0 bridgehead atoms. The fraction of sp³-hybridized carbons (Fsp3) is 0.667. The quantitative estimate of drug-likeness (QED) is 0.887. The molecule has 4 rings (SSSR count). The van der Waals surface area contributed by atoms with E-state index in [2.05, 4.69) is 30.9 Å². The van der Waals surface area contributed by atoms with E-state index in [1.807, 2.05) is 24.1 Å². The number of nitrogens with one attached hydrogen (secondary N) is 1. The van der Waals surface area contributed by atoms with E-state index in [4.69, 9.17) is 0 Å². The Bertz CT molecular complexity index is 622. The van der Waals surface area contributed by atoms with Crippen LogP contribution in [-0.4, -0.2) is 44.0 Å². The highest BCUT2D eigenvalue weighted by Gasteiger charge is 2.56. The summed E-state index contributed by atoms with van der Waals surface area (Å²) < 4.78 is 1.88. The Kier molecular flexibility index (Phi) is 5.01. The first-order valence-corrected chi connectivity index (χ1v) is 8.81. The lowest BCUT2D eigenvalue weighted by atomic mass is 9.93. The number of aryl methyl sites for hydroxylation is 1.